The summed E-state index contributed by atoms with van der Waals surface area (Å²) in [6.45, 7) is 1.32. The molecule has 2 atom stereocenters. The monoisotopic (exact) mass is 416 g/mol. The molecule has 1 saturated carbocycles. The largest absolute Gasteiger partial charge is 0.394 e. The van der Waals surface area contributed by atoms with Crippen molar-refractivity contribution in [2.45, 2.75) is 25.3 Å². The second kappa shape index (κ2) is 7.67. The van der Waals surface area contributed by atoms with Crippen molar-refractivity contribution in [3.05, 3.63) is 54.0 Å². The van der Waals surface area contributed by atoms with Gasteiger partial charge in [0.15, 0.2) is 0 Å². The molecule has 1 spiro atoms. The Hall–Kier alpha value is -3.44. The van der Waals surface area contributed by atoms with E-state index in [0.717, 1.165) is 54.8 Å². The fourth-order valence-electron chi connectivity index (χ4n) is 4.86. The Morgan fingerprint density at radius 1 is 1.39 bits per heavy atom. The zero-order valence-electron chi connectivity index (χ0n) is 17.1. The third kappa shape index (κ3) is 3.51. The van der Waals surface area contributed by atoms with Gasteiger partial charge < -0.3 is 20.3 Å². The van der Waals surface area contributed by atoms with Crippen molar-refractivity contribution in [2.24, 2.45) is 11.3 Å². The first kappa shape index (κ1) is 19.5. The molecule has 0 radical (unpaired) electrons. The van der Waals surface area contributed by atoms with Gasteiger partial charge in [-0.05, 0) is 48.4 Å². The van der Waals surface area contributed by atoms with Gasteiger partial charge in [-0.2, -0.15) is 5.26 Å². The van der Waals surface area contributed by atoms with Gasteiger partial charge >= 0.3 is 0 Å². The van der Waals surface area contributed by atoms with Gasteiger partial charge in [-0.1, -0.05) is 12.1 Å². The Bertz CT molecular complexity index is 1160. The van der Waals surface area contributed by atoms with Gasteiger partial charge in [-0.15, -0.1) is 0 Å². The number of carbonyl (C=O) groups excluding carboxylic acids is 1. The van der Waals surface area contributed by atoms with Gasteiger partial charge in [0, 0.05) is 25.2 Å². The molecule has 1 saturated heterocycles. The number of piperidine rings is 1. The van der Waals surface area contributed by atoms with Crippen LogP contribution in [-0.4, -0.2) is 45.7 Å². The number of nitrogens with zero attached hydrogens (tertiary/aromatic N) is 4. The van der Waals surface area contributed by atoms with E-state index in [2.05, 4.69) is 31.2 Å². The second-order valence-corrected chi connectivity index (χ2v) is 8.54. The number of carbonyl (C=O) groups is 1. The molecule has 3 heterocycles. The number of H-pyrrole nitrogens is 1. The molecule has 0 bridgehead atoms. The third-order valence-corrected chi connectivity index (χ3v) is 6.69. The highest BCUT2D eigenvalue weighted by molar-refractivity contribution is 5.88. The first-order valence-electron chi connectivity index (χ1n) is 10.6. The molecule has 1 unspecified atom stereocenters. The molecule has 1 aromatic carbocycles. The van der Waals surface area contributed by atoms with Crippen LogP contribution >= 0.6 is 0 Å². The van der Waals surface area contributed by atoms with Crippen molar-refractivity contribution in [1.29, 1.82) is 5.26 Å². The number of hydrogen-bond donors (Lipinski definition) is 3. The van der Waals surface area contributed by atoms with Crippen LogP contribution in [0.5, 0.6) is 0 Å². The summed E-state index contributed by atoms with van der Waals surface area (Å²) >= 11 is 0. The van der Waals surface area contributed by atoms with Crippen LogP contribution in [0.25, 0.3) is 11.0 Å². The van der Waals surface area contributed by atoms with Crippen LogP contribution in [0.3, 0.4) is 0 Å². The highest BCUT2D eigenvalue weighted by atomic mass is 16.3. The fraction of sp³-hybridized carbons (Fsp3) is 0.391. The van der Waals surface area contributed by atoms with Crippen molar-refractivity contribution in [1.82, 2.24) is 20.3 Å². The molecule has 2 aliphatic rings. The minimum atomic E-state index is -0.518. The standard InChI is InChI=1S/C23H24N6O2/c24-11-15-2-1-3-16(10-15)19(12-30)28-22(31)18-5-9-29(13-23(18)6-7-23)21-17-4-8-25-20(17)26-14-27-21/h1-4,8,10,14,18-19,30H,5-7,9,12-13H2,(H,28,31)(H,25,26,27)/t18-,19?/m1/s1. The maximum absolute atomic E-state index is 13.2. The molecule has 5 rings (SSSR count). The number of benzene rings is 1. The smallest absolute Gasteiger partial charge is 0.224 e. The van der Waals surface area contributed by atoms with E-state index >= 15 is 0 Å². The quantitative estimate of drug-likeness (QED) is 0.587. The third-order valence-electron chi connectivity index (χ3n) is 6.69. The molecule has 8 nitrogen and oxygen atoms in total. The molecular weight excluding hydrogens is 392 g/mol. The predicted octanol–water partition coefficient (Wildman–Crippen LogP) is 2.29. The molecule has 3 aromatic rings. The van der Waals surface area contributed by atoms with Crippen LogP contribution in [0.2, 0.25) is 0 Å². The summed E-state index contributed by atoms with van der Waals surface area (Å²) in [4.78, 5) is 27.4. The fourth-order valence-corrected chi connectivity index (χ4v) is 4.86. The lowest BCUT2D eigenvalue weighted by atomic mass is 9.81. The van der Waals surface area contributed by atoms with Crippen molar-refractivity contribution in [2.75, 3.05) is 24.6 Å². The summed E-state index contributed by atoms with van der Waals surface area (Å²) in [6, 6.07) is 10.6. The number of hydrogen-bond acceptors (Lipinski definition) is 6. The number of anilines is 1. The Morgan fingerprint density at radius 3 is 3.03 bits per heavy atom. The SMILES string of the molecule is N#Cc1cccc(C(CO)NC(=O)[C@H]2CCN(c3ncnc4[nH]ccc34)CC23CC3)c1. The van der Waals surface area contributed by atoms with E-state index in [1.165, 1.54) is 0 Å². The van der Waals surface area contributed by atoms with E-state index in [1.807, 2.05) is 18.3 Å². The lowest BCUT2D eigenvalue weighted by Crippen LogP contribution is -2.49. The summed E-state index contributed by atoms with van der Waals surface area (Å²) in [7, 11) is 0. The molecule has 1 aliphatic heterocycles. The van der Waals surface area contributed by atoms with E-state index in [1.54, 1.807) is 24.5 Å². The summed E-state index contributed by atoms with van der Waals surface area (Å²) in [5.74, 6) is 0.798. The Kier molecular flexibility index (Phi) is 4.83. The molecule has 3 N–H and O–H groups in total. The number of aliphatic hydroxyl groups is 1. The van der Waals surface area contributed by atoms with Crippen LogP contribution < -0.4 is 10.2 Å². The molecule has 2 fully saturated rings. The molecule has 31 heavy (non-hydrogen) atoms. The average Bonchev–Trinajstić information content (AvgIpc) is 3.38. The highest BCUT2D eigenvalue weighted by Gasteiger charge is 2.55. The first-order valence-corrected chi connectivity index (χ1v) is 10.6. The van der Waals surface area contributed by atoms with Gasteiger partial charge in [0.05, 0.1) is 29.7 Å². The number of fused-ring (bicyclic) bond motifs is 1. The van der Waals surface area contributed by atoms with Gasteiger partial charge in [0.1, 0.15) is 17.8 Å². The lowest BCUT2D eigenvalue weighted by Gasteiger charge is -2.39. The zero-order valence-corrected chi connectivity index (χ0v) is 17.1. The van der Waals surface area contributed by atoms with Crippen molar-refractivity contribution < 1.29 is 9.90 Å². The lowest BCUT2D eigenvalue weighted by molar-refractivity contribution is -0.129. The highest BCUT2D eigenvalue weighted by Crippen LogP contribution is 2.56. The summed E-state index contributed by atoms with van der Waals surface area (Å²) < 4.78 is 0. The van der Waals surface area contributed by atoms with E-state index in [4.69, 9.17) is 5.26 Å². The Labute approximate surface area is 179 Å². The Balaban J connectivity index is 1.32. The van der Waals surface area contributed by atoms with Crippen LogP contribution in [0.1, 0.15) is 36.4 Å². The molecular formula is C23H24N6O2. The molecule has 2 aromatic heterocycles. The number of nitriles is 1. The molecule has 1 aliphatic carbocycles. The number of aromatic nitrogens is 3. The van der Waals surface area contributed by atoms with Crippen molar-refractivity contribution >= 4 is 22.8 Å². The number of rotatable bonds is 5. The minimum Gasteiger partial charge on any atom is -0.394 e. The van der Waals surface area contributed by atoms with E-state index < -0.39 is 6.04 Å². The van der Waals surface area contributed by atoms with Crippen LogP contribution in [0, 0.1) is 22.7 Å². The zero-order chi connectivity index (χ0) is 21.4. The van der Waals surface area contributed by atoms with Crippen LogP contribution in [-0.2, 0) is 4.79 Å². The number of amides is 1. The number of aliphatic hydroxyl groups excluding tert-OH is 1. The number of nitrogens with one attached hydrogen (secondary N) is 2. The summed E-state index contributed by atoms with van der Waals surface area (Å²) in [5.41, 5.74) is 2.02. The summed E-state index contributed by atoms with van der Waals surface area (Å²) in [6.07, 6.45) is 6.20. The van der Waals surface area contributed by atoms with Gasteiger partial charge in [0.2, 0.25) is 5.91 Å². The normalized spacial score (nSPS) is 20.4. The topological polar surface area (TPSA) is 118 Å². The van der Waals surface area contributed by atoms with Gasteiger partial charge in [0.25, 0.3) is 0 Å². The minimum absolute atomic E-state index is 0.0203. The van der Waals surface area contributed by atoms with Crippen molar-refractivity contribution in [3.8, 4) is 6.07 Å². The van der Waals surface area contributed by atoms with E-state index in [-0.39, 0.29) is 23.8 Å². The molecule has 8 heteroatoms. The van der Waals surface area contributed by atoms with E-state index in [9.17, 15) is 9.90 Å². The Morgan fingerprint density at radius 2 is 2.26 bits per heavy atom. The summed E-state index contributed by atoms with van der Waals surface area (Å²) in [5, 5.41) is 23.0. The molecule has 1 amide bonds. The van der Waals surface area contributed by atoms with Gasteiger partial charge in [-0.3, -0.25) is 4.79 Å². The van der Waals surface area contributed by atoms with Crippen LogP contribution in [0.15, 0.2) is 42.9 Å². The predicted molar refractivity (Wildman–Crippen MR) is 115 cm³/mol. The first-order chi connectivity index (χ1) is 15.1. The maximum atomic E-state index is 13.2. The van der Waals surface area contributed by atoms with Crippen molar-refractivity contribution in [3.63, 3.8) is 0 Å². The van der Waals surface area contributed by atoms with E-state index in [0.29, 0.717) is 5.56 Å². The maximum Gasteiger partial charge on any atom is 0.224 e. The second-order valence-electron chi connectivity index (χ2n) is 8.54. The number of aromatic amines is 1. The van der Waals surface area contributed by atoms with Crippen LogP contribution in [0.4, 0.5) is 5.82 Å². The van der Waals surface area contributed by atoms with Gasteiger partial charge in [-0.25, -0.2) is 9.97 Å². The molecule has 158 valence electrons. The average molecular weight is 416 g/mol.